The van der Waals surface area contributed by atoms with Crippen LogP contribution in [0.2, 0.25) is 0 Å². The van der Waals surface area contributed by atoms with E-state index in [0.717, 1.165) is 0 Å². The summed E-state index contributed by atoms with van der Waals surface area (Å²) in [6.45, 7) is 2.33. The maximum absolute atomic E-state index is 10.7. The minimum atomic E-state index is -0.273. The zero-order valence-electron chi connectivity index (χ0n) is 18.6. The second-order valence-corrected chi connectivity index (χ2v) is 6.68. The monoisotopic (exact) mass is 646 g/mol. The van der Waals surface area contributed by atoms with Crippen molar-refractivity contribution < 1.29 is 104 Å². The first-order chi connectivity index (χ1) is 14.5. The van der Waals surface area contributed by atoms with E-state index >= 15 is 0 Å². The van der Waals surface area contributed by atoms with E-state index in [9.17, 15) is 38.4 Å². The van der Waals surface area contributed by atoms with Crippen molar-refractivity contribution >= 4 is 47.3 Å². The molecule has 0 bridgehead atoms. The molecule has 192 valence electrons. The van der Waals surface area contributed by atoms with E-state index in [1.807, 2.05) is 0 Å². The van der Waals surface area contributed by atoms with Gasteiger partial charge in [-0.1, -0.05) is 14.9 Å². The quantitative estimate of drug-likeness (QED) is 0.387. The van der Waals surface area contributed by atoms with Crippen LogP contribution in [0.5, 0.6) is 0 Å². The van der Waals surface area contributed by atoms with Crippen molar-refractivity contribution in [3.8, 4) is 0 Å². The molecule has 8 amide bonds. The van der Waals surface area contributed by atoms with Crippen LogP contribution in [0.1, 0.15) is 73.1 Å². The molecule has 0 unspecified atom stereocenters. The number of hydrogen-bond donors (Lipinski definition) is 0. The Bertz CT molecular complexity index is 714. The normalized spacial score (nSPS) is 17.7. The first-order valence-electron chi connectivity index (χ1n) is 9.72. The number of hydrogen-bond acceptors (Lipinski definition) is 8. The van der Waals surface area contributed by atoms with Gasteiger partial charge in [-0.05, 0) is 32.6 Å². The van der Waals surface area contributed by atoms with Crippen molar-refractivity contribution in [3.05, 3.63) is 10.6 Å². The summed E-state index contributed by atoms with van der Waals surface area (Å²) >= 11 is 0. The molecule has 0 aliphatic carbocycles. The van der Waals surface area contributed by atoms with Crippen LogP contribution in [0.3, 0.4) is 0 Å². The molecule has 0 saturated carbocycles. The van der Waals surface area contributed by atoms with E-state index in [2.05, 4.69) is 10.6 Å². The second kappa shape index (κ2) is 20.9. The van der Waals surface area contributed by atoms with Crippen molar-refractivity contribution in [2.45, 2.75) is 73.1 Å². The van der Waals surface area contributed by atoms with Crippen molar-refractivity contribution in [3.63, 3.8) is 0 Å². The summed E-state index contributed by atoms with van der Waals surface area (Å²) in [6, 6.07) is 0. The maximum Gasteiger partial charge on any atom is 0.229 e. The largest absolute Gasteiger partial charge is 0.596 e. The molecule has 4 aliphatic rings. The first kappa shape index (κ1) is 40.9. The van der Waals surface area contributed by atoms with Crippen LogP contribution in [-0.4, -0.2) is 70.6 Å². The van der Waals surface area contributed by atoms with Gasteiger partial charge in [-0.2, -0.15) is 0 Å². The predicted octanol–water partition coefficient (Wildman–Crippen LogP) is 1.60. The topological polar surface area (TPSA) is 171 Å². The number of carbonyl (C=O) groups is 8. The van der Waals surface area contributed by atoms with Crippen LogP contribution >= 0.6 is 0 Å². The van der Waals surface area contributed by atoms with Crippen LogP contribution in [-0.2, 0) is 104 Å². The van der Waals surface area contributed by atoms with E-state index in [4.69, 9.17) is 0 Å². The van der Waals surface area contributed by atoms with Gasteiger partial charge in [0.25, 0.3) is 0 Å². The zero-order valence-corrected chi connectivity index (χ0v) is 24.3. The summed E-state index contributed by atoms with van der Waals surface area (Å²) in [7, 11) is 1.51. The molecule has 0 aromatic carbocycles. The second-order valence-electron chi connectivity index (χ2n) is 6.68. The number of amides is 8. The van der Waals surface area contributed by atoms with Gasteiger partial charge < -0.3 is 29.8 Å². The Morgan fingerprint density at radius 3 is 0.914 bits per heavy atom. The van der Waals surface area contributed by atoms with Gasteiger partial charge in [0.05, 0.1) is 23.6 Å². The Morgan fingerprint density at radius 1 is 0.543 bits per heavy atom. The van der Waals surface area contributed by atoms with E-state index in [1.165, 1.54) is 16.8 Å². The minimum Gasteiger partial charge on any atom is -0.596 e. The summed E-state index contributed by atoms with van der Waals surface area (Å²) in [4.78, 5) is 85.1. The summed E-state index contributed by atoms with van der Waals surface area (Å²) in [6.07, 6.45) is 2.89. The van der Waals surface area contributed by atoms with Crippen molar-refractivity contribution in [1.29, 1.82) is 0 Å². The Balaban J connectivity index is -0.000000177. The molecule has 0 atom stereocenters. The number of likely N-dealkylation sites (tertiary alicyclic amines) is 2. The van der Waals surface area contributed by atoms with Gasteiger partial charge in [0.2, 0.25) is 23.6 Å². The van der Waals surface area contributed by atoms with E-state index in [0.29, 0.717) is 57.9 Å². The molecular weight excluding hydrogens is 614 g/mol. The fourth-order valence-electron chi connectivity index (χ4n) is 2.59. The van der Waals surface area contributed by atoms with E-state index < -0.39 is 0 Å². The average molecular weight is 646 g/mol. The molecule has 2 radical (unpaired) electrons. The summed E-state index contributed by atoms with van der Waals surface area (Å²) < 4.78 is 0. The molecule has 0 spiro atoms. The molecule has 4 aliphatic heterocycles. The molecule has 4 rings (SSSR count). The number of carbonyl (C=O) groups excluding carboxylic acids is 8. The molecular formula is C21H32N4O8Y2-2. The summed E-state index contributed by atoms with van der Waals surface area (Å²) in [5.74, 6) is -1.26. The van der Waals surface area contributed by atoms with Crippen LogP contribution in [0.25, 0.3) is 10.6 Å². The van der Waals surface area contributed by atoms with Crippen molar-refractivity contribution in [2.24, 2.45) is 0 Å². The van der Waals surface area contributed by atoms with Crippen LogP contribution in [0.15, 0.2) is 0 Å². The van der Waals surface area contributed by atoms with E-state index in [-0.39, 0.29) is 128 Å². The number of nitrogens with zero attached hydrogens (tertiary/aromatic N) is 4. The first-order valence-corrected chi connectivity index (χ1v) is 9.72. The third kappa shape index (κ3) is 15.5. The average Bonchev–Trinajstić information content (AvgIpc) is 3.45. The van der Waals surface area contributed by atoms with Crippen LogP contribution in [0, 0.1) is 0 Å². The van der Waals surface area contributed by atoms with Gasteiger partial charge in [-0.15, -0.1) is 0 Å². The van der Waals surface area contributed by atoms with Gasteiger partial charge in [-0.25, -0.2) is 0 Å². The van der Waals surface area contributed by atoms with Gasteiger partial charge in [0, 0.05) is 105 Å². The fraction of sp³-hybridized carbons (Fsp3) is 0.619. The third-order valence-corrected chi connectivity index (χ3v) is 4.38. The van der Waals surface area contributed by atoms with E-state index in [1.54, 1.807) is 6.92 Å². The standard InChI is InChI=1S/C6H9NO2.C5H7NO2.2C4H5NO2.2CH4.2Y/c1-2-7-5(8)3-4-6(7)9;1-6-4(7)2-3-5(6)8;2*6-3-1-2-4(7)5-3;;;;/h2-4H2,1H3;2-3H2,1H3;2*1-2H2,(H,5,6,7);2*1H4;;/p-2. The molecule has 0 aromatic heterocycles. The molecule has 35 heavy (non-hydrogen) atoms. The van der Waals surface area contributed by atoms with Gasteiger partial charge >= 0.3 is 0 Å². The fourth-order valence-corrected chi connectivity index (χ4v) is 2.59. The predicted molar refractivity (Wildman–Crippen MR) is 117 cm³/mol. The molecule has 4 heterocycles. The molecule has 12 nitrogen and oxygen atoms in total. The summed E-state index contributed by atoms with van der Waals surface area (Å²) in [5.41, 5.74) is 0. The van der Waals surface area contributed by atoms with Crippen LogP contribution in [0.4, 0.5) is 0 Å². The Hall–Kier alpha value is -1.23. The SMILES string of the molecule is C.C.CCN1C(=O)CCC1=O.CN1C(=O)CCC1=O.O=C1CCC(=O)[N-]1.O=C1CCC(=O)[N-]1.[Y].[Y]. The molecule has 4 fully saturated rings. The smallest absolute Gasteiger partial charge is 0.229 e. The number of rotatable bonds is 1. The Morgan fingerprint density at radius 2 is 0.800 bits per heavy atom. The minimum absolute atomic E-state index is 0. The Labute approximate surface area is 256 Å². The maximum atomic E-state index is 10.7. The summed E-state index contributed by atoms with van der Waals surface area (Å²) in [5, 5.41) is 6.22. The van der Waals surface area contributed by atoms with Gasteiger partial charge in [0.1, 0.15) is 0 Å². The van der Waals surface area contributed by atoms with Crippen molar-refractivity contribution in [2.75, 3.05) is 13.6 Å². The van der Waals surface area contributed by atoms with Crippen LogP contribution < -0.4 is 0 Å². The molecule has 0 N–H and O–H groups in total. The molecule has 14 heteroatoms. The van der Waals surface area contributed by atoms with Gasteiger partial charge in [0.15, 0.2) is 0 Å². The third-order valence-electron chi connectivity index (χ3n) is 4.38. The number of imide groups is 4. The van der Waals surface area contributed by atoms with Gasteiger partial charge in [-0.3, -0.25) is 29.0 Å². The zero-order chi connectivity index (χ0) is 23.6. The molecule has 0 aromatic rings. The van der Waals surface area contributed by atoms with Crippen molar-refractivity contribution in [1.82, 2.24) is 9.80 Å². The molecule has 4 saturated heterocycles. The Kier molecular flexibility index (Phi) is 24.4.